The first-order valence-corrected chi connectivity index (χ1v) is 20.4. The molecule has 0 aromatic rings. The minimum absolute atomic E-state index is 0.0343. The average molecular weight is 830 g/mol. The first kappa shape index (κ1) is 49.3. The van der Waals surface area contributed by atoms with E-state index < -0.39 is 72.2 Å². The van der Waals surface area contributed by atoms with Crippen molar-refractivity contribution in [3.63, 3.8) is 0 Å². The van der Waals surface area contributed by atoms with Crippen LogP contribution in [0, 0.1) is 35.5 Å². The molecule has 1 amide bonds. The number of carbonyl (C=O) groups excluding carboxylic acids is 4. The van der Waals surface area contributed by atoms with Crippen molar-refractivity contribution in [3.8, 4) is 0 Å². The van der Waals surface area contributed by atoms with Gasteiger partial charge >= 0.3 is 17.9 Å². The molecule has 0 radical (unpaired) electrons. The Morgan fingerprint density at radius 2 is 1.71 bits per heavy atom. The summed E-state index contributed by atoms with van der Waals surface area (Å²) < 4.78 is 41.4. The van der Waals surface area contributed by atoms with Crippen molar-refractivity contribution in [2.24, 2.45) is 35.5 Å². The lowest BCUT2D eigenvalue weighted by molar-refractivity contribution is -0.339. The second kappa shape index (κ2) is 22.5. The highest BCUT2D eigenvalue weighted by molar-refractivity contribution is 5.92. The molecule has 3 heterocycles. The Labute approximate surface area is 349 Å². The quantitative estimate of drug-likeness (QED) is 0.122. The summed E-state index contributed by atoms with van der Waals surface area (Å²) in [6, 6.07) is 0. The van der Waals surface area contributed by atoms with Crippen molar-refractivity contribution in [1.29, 1.82) is 0 Å². The van der Waals surface area contributed by atoms with Crippen molar-refractivity contribution in [3.05, 3.63) is 71.2 Å². The van der Waals surface area contributed by atoms with Crippen LogP contribution in [0.25, 0.3) is 0 Å². The number of hydrogen-bond acceptors (Lipinski definition) is 13. The Balaban J connectivity index is 1.93. The molecule has 1 fully saturated rings. The van der Waals surface area contributed by atoms with Gasteiger partial charge in [0, 0.05) is 62.9 Å². The van der Waals surface area contributed by atoms with Gasteiger partial charge in [-0.15, -0.1) is 0 Å². The summed E-state index contributed by atoms with van der Waals surface area (Å²) in [4.78, 5) is 50.6. The van der Waals surface area contributed by atoms with Crippen LogP contribution < -0.4 is 5.32 Å². The van der Waals surface area contributed by atoms with Crippen LogP contribution in [0.15, 0.2) is 71.2 Å². The van der Waals surface area contributed by atoms with E-state index in [-0.39, 0.29) is 54.8 Å². The molecule has 330 valence electrons. The molecule has 0 aromatic carbocycles. The second-order valence-electron chi connectivity index (χ2n) is 16.6. The fourth-order valence-corrected chi connectivity index (χ4v) is 8.08. The number of aliphatic hydroxyl groups excluding tert-OH is 2. The second-order valence-corrected chi connectivity index (χ2v) is 16.6. The first-order chi connectivity index (χ1) is 27.8. The number of carbonyl (C=O) groups is 4. The molecule has 3 aliphatic rings. The van der Waals surface area contributed by atoms with Crippen LogP contribution in [0.3, 0.4) is 0 Å². The van der Waals surface area contributed by atoms with Crippen molar-refractivity contribution >= 4 is 23.8 Å². The summed E-state index contributed by atoms with van der Waals surface area (Å²) in [5, 5.41) is 25.8. The summed E-state index contributed by atoms with van der Waals surface area (Å²) in [7, 11) is 4.32. The summed E-state index contributed by atoms with van der Waals surface area (Å²) in [5.74, 6) is -6.26. The van der Waals surface area contributed by atoms with Crippen LogP contribution in [0.4, 0.5) is 0 Å². The van der Waals surface area contributed by atoms with E-state index in [0.717, 1.165) is 17.7 Å². The SMILES string of the molecule is CO/C1=C\C(C)=C\[C@@H](C)[C@@H](O)[C@@H](C)C/C(C)=C/C=C/[C@H](OC)[C@@H]([C@@H](C)[C@@H](O)[C@H](C)[C@@]2(OC)C[C@@H](OC(=O)/C=C/C(=O)OCC3=CCC(=O)N3)[C@@H](C)[C@@H](C(C)C)O2)OC1=O. The van der Waals surface area contributed by atoms with E-state index in [1.165, 1.54) is 21.3 Å². The van der Waals surface area contributed by atoms with Gasteiger partial charge in [-0.25, -0.2) is 14.4 Å². The number of rotatable bonds is 13. The van der Waals surface area contributed by atoms with Gasteiger partial charge in [0.05, 0.1) is 31.1 Å². The van der Waals surface area contributed by atoms with Crippen molar-refractivity contribution in [1.82, 2.24) is 5.32 Å². The van der Waals surface area contributed by atoms with E-state index in [1.54, 1.807) is 32.1 Å². The van der Waals surface area contributed by atoms with Crippen molar-refractivity contribution in [2.45, 2.75) is 124 Å². The van der Waals surface area contributed by atoms with Gasteiger partial charge in [-0.05, 0) is 38.2 Å². The van der Waals surface area contributed by atoms with Gasteiger partial charge in [0.2, 0.25) is 11.7 Å². The zero-order chi connectivity index (χ0) is 44.2. The highest BCUT2D eigenvalue weighted by Crippen LogP contribution is 2.44. The van der Waals surface area contributed by atoms with E-state index in [9.17, 15) is 29.4 Å². The molecule has 0 aliphatic carbocycles. The van der Waals surface area contributed by atoms with Crippen molar-refractivity contribution < 1.29 is 62.5 Å². The zero-order valence-corrected chi connectivity index (χ0v) is 36.8. The largest absolute Gasteiger partial charge is 0.490 e. The van der Waals surface area contributed by atoms with Gasteiger partial charge in [0.15, 0.2) is 5.79 Å². The van der Waals surface area contributed by atoms with E-state index in [0.29, 0.717) is 17.7 Å². The summed E-state index contributed by atoms with van der Waals surface area (Å²) in [5.41, 5.74) is 2.20. The normalized spacial score (nSPS) is 34.8. The Hall–Kier alpha value is -4.08. The maximum Gasteiger partial charge on any atom is 0.373 e. The summed E-state index contributed by atoms with van der Waals surface area (Å²) >= 11 is 0. The van der Waals surface area contributed by atoms with E-state index in [2.05, 4.69) is 5.32 Å². The standard InChI is InChI=1S/C45H67NO13/c1-25(2)42-30(7)36(57-39(49)19-18-38(48)56-24-33-16-17-37(47)46-33)23-45(55-12,59-42)32(9)41(51)31(8)43-34(53-10)15-13-14-26(3)20-28(5)40(50)29(6)21-27(4)22-35(54-11)44(52)58-43/h13-16,18-19,21-22,25,28-32,34,36,40-43,50-51H,17,20,23-24H2,1-12H3,(H,46,47)/b15-13+,19-18+,26-14+,27-21+,35-22-/t28-,29+,30+,31-,32-,34-,36+,40-,41+,42+,43+,45+/m0/s1. The lowest BCUT2D eigenvalue weighted by Crippen LogP contribution is -2.60. The minimum Gasteiger partial charge on any atom is -0.490 e. The third-order valence-electron chi connectivity index (χ3n) is 11.6. The predicted molar refractivity (Wildman–Crippen MR) is 220 cm³/mol. The molecule has 3 aliphatic heterocycles. The van der Waals surface area contributed by atoms with E-state index in [1.807, 2.05) is 66.7 Å². The van der Waals surface area contributed by atoms with Crippen LogP contribution in [0.2, 0.25) is 0 Å². The average Bonchev–Trinajstić information content (AvgIpc) is 3.62. The molecule has 14 heteroatoms. The number of cyclic esters (lactones) is 1. The van der Waals surface area contributed by atoms with Crippen LogP contribution in [-0.2, 0) is 52.3 Å². The van der Waals surface area contributed by atoms with Crippen LogP contribution in [0.1, 0.15) is 81.6 Å². The topological polar surface area (TPSA) is 185 Å². The molecule has 3 rings (SSSR count). The highest BCUT2D eigenvalue weighted by atomic mass is 16.7. The fourth-order valence-electron chi connectivity index (χ4n) is 8.08. The molecule has 0 saturated carbocycles. The third-order valence-corrected chi connectivity index (χ3v) is 11.6. The number of nitrogens with one attached hydrogen (secondary N) is 1. The van der Waals surface area contributed by atoms with Gasteiger partial charge in [0.25, 0.3) is 0 Å². The van der Waals surface area contributed by atoms with Crippen LogP contribution in [0.5, 0.6) is 0 Å². The number of methoxy groups -OCH3 is 3. The predicted octanol–water partition coefficient (Wildman–Crippen LogP) is 5.40. The van der Waals surface area contributed by atoms with Crippen LogP contribution in [-0.4, -0.2) is 104 Å². The maximum absolute atomic E-state index is 13.8. The molecule has 12 atom stereocenters. The Morgan fingerprint density at radius 3 is 2.31 bits per heavy atom. The first-order valence-electron chi connectivity index (χ1n) is 20.4. The molecule has 59 heavy (non-hydrogen) atoms. The molecule has 1 saturated heterocycles. The molecular formula is C45H67NO13. The zero-order valence-electron chi connectivity index (χ0n) is 36.8. The van der Waals surface area contributed by atoms with Gasteiger partial charge in [0.1, 0.15) is 24.9 Å². The Bertz CT molecular complexity index is 1660. The summed E-state index contributed by atoms with van der Waals surface area (Å²) in [6.45, 7) is 16.9. The van der Waals surface area contributed by atoms with Crippen molar-refractivity contribution in [2.75, 3.05) is 27.9 Å². The molecule has 0 unspecified atom stereocenters. The van der Waals surface area contributed by atoms with Crippen LogP contribution >= 0.6 is 0 Å². The minimum atomic E-state index is -1.47. The van der Waals surface area contributed by atoms with Gasteiger partial charge in [-0.3, -0.25) is 4.79 Å². The molecule has 14 nitrogen and oxygen atoms in total. The monoisotopic (exact) mass is 829 g/mol. The smallest absolute Gasteiger partial charge is 0.373 e. The highest BCUT2D eigenvalue weighted by Gasteiger charge is 2.54. The maximum atomic E-state index is 13.8. The Kier molecular flexibility index (Phi) is 18.8. The molecule has 3 N–H and O–H groups in total. The summed E-state index contributed by atoms with van der Waals surface area (Å²) in [6.07, 6.45) is 8.47. The molecule has 0 bridgehead atoms. The lowest BCUT2D eigenvalue weighted by atomic mass is 9.76. The molecular weight excluding hydrogens is 762 g/mol. The molecule has 0 spiro atoms. The van der Waals surface area contributed by atoms with Gasteiger partial charge in [-0.1, -0.05) is 90.0 Å². The lowest BCUT2D eigenvalue weighted by Gasteiger charge is -2.51. The van der Waals surface area contributed by atoms with Gasteiger partial charge < -0.3 is 48.7 Å². The number of esters is 3. The number of allylic oxidation sites excluding steroid dienone is 5. The Morgan fingerprint density at radius 1 is 1.03 bits per heavy atom. The number of hydrogen-bond donors (Lipinski definition) is 3. The van der Waals surface area contributed by atoms with Gasteiger partial charge in [-0.2, -0.15) is 0 Å². The fraction of sp³-hybridized carbons (Fsp3) is 0.644. The number of aliphatic hydroxyl groups is 2. The number of ether oxygens (including phenoxy) is 7. The molecule has 0 aromatic heterocycles. The third kappa shape index (κ3) is 13.5. The van der Waals surface area contributed by atoms with E-state index in [4.69, 9.17) is 33.2 Å². The van der Waals surface area contributed by atoms with E-state index >= 15 is 0 Å². The number of amides is 1.